The lowest BCUT2D eigenvalue weighted by molar-refractivity contribution is 0.300. The van der Waals surface area contributed by atoms with Crippen molar-refractivity contribution in [3.8, 4) is 17.0 Å². The zero-order valence-electron chi connectivity index (χ0n) is 18.3. The lowest BCUT2D eigenvalue weighted by Gasteiger charge is -2.08. The van der Waals surface area contributed by atoms with Crippen molar-refractivity contribution in [2.45, 2.75) is 90.6 Å². The van der Waals surface area contributed by atoms with Gasteiger partial charge in [0.05, 0.1) is 18.5 Å². The van der Waals surface area contributed by atoms with E-state index >= 15 is 0 Å². The van der Waals surface area contributed by atoms with E-state index in [0.717, 1.165) is 42.9 Å². The number of alkyl halides is 1. The molecule has 1 atom stereocenters. The van der Waals surface area contributed by atoms with Crippen LogP contribution in [0.5, 0.6) is 5.75 Å². The van der Waals surface area contributed by atoms with Crippen LogP contribution in [0.4, 0.5) is 4.39 Å². The van der Waals surface area contributed by atoms with E-state index in [1.54, 1.807) is 0 Å². The average molecular weight is 400 g/mol. The van der Waals surface area contributed by atoms with Gasteiger partial charge in [-0.05, 0) is 68.0 Å². The first-order valence-electron chi connectivity index (χ1n) is 11.5. The van der Waals surface area contributed by atoms with Gasteiger partial charge in [0.15, 0.2) is 0 Å². The molecular weight excluding hydrogens is 361 g/mol. The molecule has 2 rings (SSSR count). The van der Waals surface area contributed by atoms with Crippen molar-refractivity contribution in [1.29, 1.82) is 0 Å². The summed E-state index contributed by atoms with van der Waals surface area (Å²) < 4.78 is 19.2. The second-order valence-electron chi connectivity index (χ2n) is 7.94. The summed E-state index contributed by atoms with van der Waals surface area (Å²) in [6, 6.07) is 12.3. The minimum absolute atomic E-state index is 0.607. The third-order valence-electron chi connectivity index (χ3n) is 5.42. The number of aryl methyl sites for hydroxylation is 1. The van der Waals surface area contributed by atoms with E-state index < -0.39 is 6.17 Å². The van der Waals surface area contributed by atoms with E-state index in [-0.39, 0.29) is 0 Å². The van der Waals surface area contributed by atoms with Crippen molar-refractivity contribution in [3.63, 3.8) is 0 Å². The zero-order valence-corrected chi connectivity index (χ0v) is 18.3. The lowest BCUT2D eigenvalue weighted by atomic mass is 10.1. The van der Waals surface area contributed by atoms with Gasteiger partial charge in [-0.1, -0.05) is 58.4 Å². The number of nitrogens with zero attached hydrogens (tertiary/aromatic N) is 1. The molecule has 0 aliphatic heterocycles. The first-order chi connectivity index (χ1) is 14.2. The molecule has 3 heteroatoms. The fraction of sp³-hybridized carbons (Fsp3) is 0.577. The van der Waals surface area contributed by atoms with Crippen LogP contribution in [0.25, 0.3) is 11.3 Å². The van der Waals surface area contributed by atoms with Gasteiger partial charge in [-0.15, -0.1) is 0 Å². The number of rotatable bonds is 15. The van der Waals surface area contributed by atoms with Crippen LogP contribution in [0, 0.1) is 0 Å². The predicted octanol–water partition coefficient (Wildman–Crippen LogP) is 7.95. The molecule has 0 N–H and O–H groups in total. The van der Waals surface area contributed by atoms with Crippen LogP contribution in [-0.4, -0.2) is 17.8 Å². The molecule has 1 aromatic heterocycles. The summed E-state index contributed by atoms with van der Waals surface area (Å²) in [5, 5.41) is 0. The summed E-state index contributed by atoms with van der Waals surface area (Å²) in [7, 11) is 0. The standard InChI is InChI=1S/C26H38FNO/c1-3-5-6-7-8-9-10-20-29-25-17-15-23(16-18-25)26-19-14-22(21-28-26)12-11-13-24(27)4-2/h14-19,21,24H,3-13,20H2,1-2H3. The smallest absolute Gasteiger partial charge is 0.119 e. The summed E-state index contributed by atoms with van der Waals surface area (Å²) in [4.78, 5) is 4.58. The highest BCUT2D eigenvalue weighted by Gasteiger charge is 2.04. The van der Waals surface area contributed by atoms with Gasteiger partial charge in [0, 0.05) is 11.8 Å². The lowest BCUT2D eigenvalue weighted by Crippen LogP contribution is -1.99. The van der Waals surface area contributed by atoms with Crippen molar-refractivity contribution >= 4 is 0 Å². The van der Waals surface area contributed by atoms with Gasteiger partial charge >= 0.3 is 0 Å². The summed E-state index contributed by atoms with van der Waals surface area (Å²) in [5.74, 6) is 0.924. The monoisotopic (exact) mass is 399 g/mol. The Morgan fingerprint density at radius 2 is 1.59 bits per heavy atom. The summed E-state index contributed by atoms with van der Waals surface area (Å²) in [6.45, 7) is 4.94. The minimum Gasteiger partial charge on any atom is -0.494 e. The van der Waals surface area contributed by atoms with Crippen molar-refractivity contribution in [2.24, 2.45) is 0 Å². The van der Waals surface area contributed by atoms with E-state index in [0.29, 0.717) is 12.8 Å². The number of unbranched alkanes of at least 4 members (excludes halogenated alkanes) is 6. The maximum absolute atomic E-state index is 13.3. The number of benzene rings is 1. The van der Waals surface area contributed by atoms with E-state index in [4.69, 9.17) is 4.74 Å². The number of halogens is 1. The van der Waals surface area contributed by atoms with Crippen LogP contribution < -0.4 is 4.74 Å². The van der Waals surface area contributed by atoms with Gasteiger partial charge in [0.2, 0.25) is 0 Å². The zero-order chi connectivity index (χ0) is 20.7. The molecule has 2 aromatic rings. The molecule has 29 heavy (non-hydrogen) atoms. The van der Waals surface area contributed by atoms with Gasteiger partial charge < -0.3 is 4.74 Å². The molecule has 160 valence electrons. The molecule has 0 saturated heterocycles. The molecule has 0 bridgehead atoms. The molecule has 0 aliphatic rings. The molecule has 0 amide bonds. The average Bonchev–Trinajstić information content (AvgIpc) is 2.76. The second kappa shape index (κ2) is 14.1. The van der Waals surface area contributed by atoms with Crippen LogP contribution in [0.3, 0.4) is 0 Å². The van der Waals surface area contributed by atoms with E-state index in [9.17, 15) is 4.39 Å². The Balaban J connectivity index is 1.69. The van der Waals surface area contributed by atoms with Crippen LogP contribution in [-0.2, 0) is 6.42 Å². The quantitative estimate of drug-likeness (QED) is 0.283. The number of hydrogen-bond acceptors (Lipinski definition) is 2. The first kappa shape index (κ1) is 23.4. The second-order valence-corrected chi connectivity index (χ2v) is 7.94. The molecule has 1 heterocycles. The van der Waals surface area contributed by atoms with Crippen LogP contribution >= 0.6 is 0 Å². The molecule has 0 saturated carbocycles. The maximum Gasteiger partial charge on any atom is 0.119 e. The Bertz CT molecular complexity index is 653. The van der Waals surface area contributed by atoms with Crippen LogP contribution in [0.2, 0.25) is 0 Å². The van der Waals surface area contributed by atoms with E-state index in [2.05, 4.69) is 36.2 Å². The number of ether oxygens (including phenoxy) is 1. The highest BCUT2D eigenvalue weighted by molar-refractivity contribution is 5.60. The molecular formula is C26H38FNO. The Kier molecular flexibility index (Phi) is 11.4. The fourth-order valence-electron chi connectivity index (χ4n) is 3.45. The molecule has 2 nitrogen and oxygen atoms in total. The normalized spacial score (nSPS) is 12.1. The molecule has 0 fully saturated rings. The molecule has 0 aliphatic carbocycles. The maximum atomic E-state index is 13.3. The Morgan fingerprint density at radius 1 is 0.862 bits per heavy atom. The predicted molar refractivity (Wildman–Crippen MR) is 121 cm³/mol. The van der Waals surface area contributed by atoms with E-state index in [1.807, 2.05) is 25.3 Å². The van der Waals surface area contributed by atoms with E-state index in [1.165, 1.54) is 44.1 Å². The Labute approximate surface area is 176 Å². The molecule has 0 radical (unpaired) electrons. The first-order valence-corrected chi connectivity index (χ1v) is 11.5. The highest BCUT2D eigenvalue weighted by atomic mass is 19.1. The van der Waals surface area contributed by atoms with Gasteiger partial charge in [-0.25, -0.2) is 4.39 Å². The van der Waals surface area contributed by atoms with Gasteiger partial charge in [0.25, 0.3) is 0 Å². The van der Waals surface area contributed by atoms with Gasteiger partial charge in [0.1, 0.15) is 5.75 Å². The highest BCUT2D eigenvalue weighted by Crippen LogP contribution is 2.22. The fourth-order valence-corrected chi connectivity index (χ4v) is 3.45. The Morgan fingerprint density at radius 3 is 2.24 bits per heavy atom. The summed E-state index contributed by atoms with van der Waals surface area (Å²) in [5.41, 5.74) is 3.23. The largest absolute Gasteiger partial charge is 0.494 e. The molecule has 1 unspecified atom stereocenters. The SMILES string of the molecule is CCCCCCCCCOc1ccc(-c2ccc(CCCC(F)CC)cn2)cc1. The van der Waals surface area contributed by atoms with Crippen molar-refractivity contribution in [3.05, 3.63) is 48.2 Å². The Hall–Kier alpha value is -1.90. The number of hydrogen-bond donors (Lipinski definition) is 0. The molecule has 0 spiro atoms. The molecule has 1 aromatic carbocycles. The number of pyridine rings is 1. The van der Waals surface area contributed by atoms with Crippen LogP contribution in [0.15, 0.2) is 42.6 Å². The van der Waals surface area contributed by atoms with Gasteiger partial charge in [-0.2, -0.15) is 0 Å². The minimum atomic E-state index is -0.672. The topological polar surface area (TPSA) is 22.1 Å². The summed E-state index contributed by atoms with van der Waals surface area (Å²) in [6.07, 6.45) is 13.3. The van der Waals surface area contributed by atoms with Crippen molar-refractivity contribution < 1.29 is 9.13 Å². The van der Waals surface area contributed by atoms with Crippen molar-refractivity contribution in [2.75, 3.05) is 6.61 Å². The summed E-state index contributed by atoms with van der Waals surface area (Å²) >= 11 is 0. The number of aromatic nitrogens is 1. The van der Waals surface area contributed by atoms with Crippen LogP contribution in [0.1, 0.15) is 83.6 Å². The third-order valence-corrected chi connectivity index (χ3v) is 5.42. The van der Waals surface area contributed by atoms with Gasteiger partial charge in [-0.3, -0.25) is 4.98 Å². The third kappa shape index (κ3) is 9.43. The van der Waals surface area contributed by atoms with Crippen molar-refractivity contribution in [1.82, 2.24) is 4.98 Å².